The minimum absolute atomic E-state index is 0.137. The number of nitrogens with zero attached hydrogens (tertiary/aromatic N) is 1. The molecule has 0 unspecified atom stereocenters. The molecule has 4 aromatic carbocycles. The Hall–Kier alpha value is -3.98. The van der Waals surface area contributed by atoms with E-state index in [4.69, 9.17) is 4.98 Å². The molecule has 0 atom stereocenters. The van der Waals surface area contributed by atoms with Gasteiger partial charge >= 0.3 is 0 Å². The van der Waals surface area contributed by atoms with Crippen molar-refractivity contribution in [2.45, 2.75) is 6.92 Å². The number of pyridine rings is 1. The first-order valence-electron chi connectivity index (χ1n) is 9.95. The van der Waals surface area contributed by atoms with Crippen LogP contribution in [-0.4, -0.2) is 10.9 Å². The van der Waals surface area contributed by atoms with Gasteiger partial charge in [0.2, 0.25) is 0 Å². The molecule has 0 radical (unpaired) electrons. The number of carbonyl (C=O) groups is 1. The molecule has 3 heteroatoms. The molecule has 0 saturated heterocycles. The van der Waals surface area contributed by atoms with Gasteiger partial charge in [0.05, 0.1) is 16.8 Å². The first-order chi connectivity index (χ1) is 14.7. The summed E-state index contributed by atoms with van der Waals surface area (Å²) in [7, 11) is 0. The highest BCUT2D eigenvalue weighted by atomic mass is 16.1. The molecule has 0 fully saturated rings. The normalized spacial score (nSPS) is 11.0. The maximum atomic E-state index is 13.4. The highest BCUT2D eigenvalue weighted by Gasteiger charge is 2.15. The van der Waals surface area contributed by atoms with Gasteiger partial charge in [-0.1, -0.05) is 78.4 Å². The van der Waals surface area contributed by atoms with Gasteiger partial charge in [-0.05, 0) is 36.6 Å². The summed E-state index contributed by atoms with van der Waals surface area (Å²) in [5, 5.41) is 6.09. The van der Waals surface area contributed by atoms with Crippen molar-refractivity contribution in [3.05, 3.63) is 108 Å². The fraction of sp³-hybridized carbons (Fsp3) is 0.0370. The predicted molar refractivity (Wildman–Crippen MR) is 124 cm³/mol. The molecule has 5 rings (SSSR count). The quantitative estimate of drug-likeness (QED) is 0.377. The first-order valence-corrected chi connectivity index (χ1v) is 9.95. The zero-order valence-electron chi connectivity index (χ0n) is 16.6. The Labute approximate surface area is 175 Å². The zero-order chi connectivity index (χ0) is 20.5. The summed E-state index contributed by atoms with van der Waals surface area (Å²) in [6.07, 6.45) is 0. The van der Waals surface area contributed by atoms with Crippen molar-refractivity contribution in [3.63, 3.8) is 0 Å². The van der Waals surface area contributed by atoms with Gasteiger partial charge in [-0.3, -0.25) is 4.79 Å². The average Bonchev–Trinajstić information content (AvgIpc) is 2.79. The number of aromatic nitrogens is 1. The fourth-order valence-electron chi connectivity index (χ4n) is 3.81. The Balaban J connectivity index is 1.65. The standard InChI is InChI=1S/C27H20N2O/c1-18-14-15-25-22(16-18)23(17-26(28-25)20-9-3-2-4-10-20)27(30)29-24-13-7-11-19-8-5-6-12-21(19)24/h2-17H,1H3,(H,29,30). The minimum atomic E-state index is -0.137. The van der Waals surface area contributed by atoms with E-state index in [0.29, 0.717) is 5.56 Å². The molecule has 0 bridgehead atoms. The highest BCUT2D eigenvalue weighted by molar-refractivity contribution is 6.15. The monoisotopic (exact) mass is 388 g/mol. The van der Waals surface area contributed by atoms with Gasteiger partial charge in [-0.2, -0.15) is 0 Å². The second-order valence-corrected chi connectivity index (χ2v) is 7.42. The third-order valence-electron chi connectivity index (χ3n) is 5.32. The minimum Gasteiger partial charge on any atom is -0.321 e. The number of benzene rings is 4. The van der Waals surface area contributed by atoms with Crippen LogP contribution in [0.15, 0.2) is 97.1 Å². The number of rotatable bonds is 3. The van der Waals surface area contributed by atoms with E-state index in [-0.39, 0.29) is 5.91 Å². The summed E-state index contributed by atoms with van der Waals surface area (Å²) >= 11 is 0. The summed E-state index contributed by atoms with van der Waals surface area (Å²) in [5.74, 6) is -0.137. The zero-order valence-corrected chi connectivity index (χ0v) is 16.6. The SMILES string of the molecule is Cc1ccc2nc(-c3ccccc3)cc(C(=O)Nc3cccc4ccccc34)c2c1. The molecule has 0 spiro atoms. The molecule has 0 saturated carbocycles. The number of nitrogens with one attached hydrogen (secondary N) is 1. The largest absolute Gasteiger partial charge is 0.321 e. The number of anilines is 1. The molecule has 1 amide bonds. The summed E-state index contributed by atoms with van der Waals surface area (Å²) in [4.78, 5) is 18.2. The number of aryl methyl sites for hydroxylation is 1. The maximum Gasteiger partial charge on any atom is 0.256 e. The molecule has 3 nitrogen and oxygen atoms in total. The van der Waals surface area contributed by atoms with E-state index in [2.05, 4.69) is 5.32 Å². The van der Waals surface area contributed by atoms with Crippen molar-refractivity contribution in [1.29, 1.82) is 0 Å². The van der Waals surface area contributed by atoms with Crippen LogP contribution in [0.4, 0.5) is 5.69 Å². The van der Waals surface area contributed by atoms with Crippen molar-refractivity contribution >= 4 is 33.3 Å². The van der Waals surface area contributed by atoms with Crippen LogP contribution in [0.25, 0.3) is 32.9 Å². The van der Waals surface area contributed by atoms with Crippen LogP contribution in [0, 0.1) is 6.92 Å². The van der Waals surface area contributed by atoms with Crippen LogP contribution in [0.3, 0.4) is 0 Å². The molecule has 144 valence electrons. The lowest BCUT2D eigenvalue weighted by Crippen LogP contribution is -2.13. The smallest absolute Gasteiger partial charge is 0.256 e. The number of amides is 1. The molecule has 0 aliphatic heterocycles. The van der Waals surface area contributed by atoms with Gasteiger partial charge in [0.1, 0.15) is 0 Å². The summed E-state index contributed by atoms with van der Waals surface area (Å²) in [6, 6.07) is 31.9. The number of hydrogen-bond acceptors (Lipinski definition) is 2. The Kier molecular flexibility index (Phi) is 4.49. The molecule has 0 aliphatic rings. The van der Waals surface area contributed by atoms with Gasteiger partial charge < -0.3 is 5.32 Å². The van der Waals surface area contributed by atoms with E-state index in [1.807, 2.05) is 104 Å². The van der Waals surface area contributed by atoms with E-state index in [1.54, 1.807) is 0 Å². The molecule has 30 heavy (non-hydrogen) atoms. The third-order valence-corrected chi connectivity index (χ3v) is 5.32. The van der Waals surface area contributed by atoms with Gasteiger partial charge in [0.25, 0.3) is 5.91 Å². The lowest BCUT2D eigenvalue weighted by molar-refractivity contribution is 0.102. The van der Waals surface area contributed by atoms with E-state index in [9.17, 15) is 4.79 Å². The van der Waals surface area contributed by atoms with Gasteiger partial charge in [0, 0.05) is 22.0 Å². The van der Waals surface area contributed by atoms with Crippen LogP contribution in [0.5, 0.6) is 0 Å². The van der Waals surface area contributed by atoms with E-state index >= 15 is 0 Å². The van der Waals surface area contributed by atoms with Crippen molar-refractivity contribution in [2.75, 3.05) is 5.32 Å². The summed E-state index contributed by atoms with van der Waals surface area (Å²) in [5.41, 5.74) is 5.10. The third kappa shape index (κ3) is 3.31. The summed E-state index contributed by atoms with van der Waals surface area (Å²) < 4.78 is 0. The topological polar surface area (TPSA) is 42.0 Å². The van der Waals surface area contributed by atoms with Crippen LogP contribution in [0.1, 0.15) is 15.9 Å². The Bertz CT molecular complexity index is 1390. The molecule has 1 aromatic heterocycles. The van der Waals surface area contributed by atoms with Gasteiger partial charge in [-0.15, -0.1) is 0 Å². The number of hydrogen-bond donors (Lipinski definition) is 1. The van der Waals surface area contributed by atoms with Crippen molar-refractivity contribution in [1.82, 2.24) is 4.98 Å². The van der Waals surface area contributed by atoms with Crippen LogP contribution in [0.2, 0.25) is 0 Å². The molecule has 1 heterocycles. The van der Waals surface area contributed by atoms with Crippen LogP contribution in [-0.2, 0) is 0 Å². The van der Waals surface area contributed by atoms with Crippen molar-refractivity contribution < 1.29 is 4.79 Å². The highest BCUT2D eigenvalue weighted by Crippen LogP contribution is 2.28. The number of fused-ring (bicyclic) bond motifs is 2. The van der Waals surface area contributed by atoms with E-state index in [1.165, 1.54) is 0 Å². The lowest BCUT2D eigenvalue weighted by Gasteiger charge is -2.13. The Morgan fingerprint density at radius 3 is 2.40 bits per heavy atom. The van der Waals surface area contributed by atoms with Gasteiger partial charge in [-0.25, -0.2) is 4.98 Å². The lowest BCUT2D eigenvalue weighted by atomic mass is 10.0. The Morgan fingerprint density at radius 1 is 0.767 bits per heavy atom. The molecule has 1 N–H and O–H groups in total. The van der Waals surface area contributed by atoms with Gasteiger partial charge in [0.15, 0.2) is 0 Å². The summed E-state index contributed by atoms with van der Waals surface area (Å²) in [6.45, 7) is 2.02. The number of carbonyl (C=O) groups excluding carboxylic acids is 1. The van der Waals surface area contributed by atoms with E-state index in [0.717, 1.165) is 44.2 Å². The molecular weight excluding hydrogens is 368 g/mol. The fourth-order valence-corrected chi connectivity index (χ4v) is 3.81. The van der Waals surface area contributed by atoms with Crippen LogP contribution >= 0.6 is 0 Å². The average molecular weight is 388 g/mol. The van der Waals surface area contributed by atoms with Crippen LogP contribution < -0.4 is 5.32 Å². The Morgan fingerprint density at radius 2 is 1.53 bits per heavy atom. The second-order valence-electron chi connectivity index (χ2n) is 7.42. The molecule has 0 aliphatic carbocycles. The molecular formula is C27H20N2O. The van der Waals surface area contributed by atoms with Crippen molar-refractivity contribution in [2.24, 2.45) is 0 Å². The van der Waals surface area contributed by atoms with E-state index < -0.39 is 0 Å². The molecule has 5 aromatic rings. The second kappa shape index (κ2) is 7.45. The van der Waals surface area contributed by atoms with Crippen molar-refractivity contribution in [3.8, 4) is 11.3 Å². The maximum absolute atomic E-state index is 13.4. The predicted octanol–water partition coefficient (Wildman–Crippen LogP) is 6.62. The first kappa shape index (κ1) is 18.1.